The molecule has 0 unspecified atom stereocenters. The Balaban J connectivity index is 1.23. The molecule has 4 nitrogen and oxygen atoms in total. The van der Waals surface area contributed by atoms with E-state index in [1.807, 2.05) is 60.7 Å². The molecule has 0 saturated carbocycles. The van der Waals surface area contributed by atoms with E-state index in [2.05, 4.69) is 108 Å². The van der Waals surface area contributed by atoms with Crippen molar-refractivity contribution in [1.29, 1.82) is 0 Å². The Morgan fingerprint density at radius 1 is 0.404 bits per heavy atom. The van der Waals surface area contributed by atoms with Gasteiger partial charge in [-0.3, -0.25) is 0 Å². The molecule has 4 heteroatoms. The molecule has 2 aromatic heterocycles. The predicted molar refractivity (Wildman–Crippen MR) is 193 cm³/mol. The van der Waals surface area contributed by atoms with E-state index in [1.165, 1.54) is 0 Å². The Morgan fingerprint density at radius 2 is 0.979 bits per heavy atom. The number of benzene rings is 7. The van der Waals surface area contributed by atoms with Crippen LogP contribution in [0.25, 0.3) is 65.9 Å². The molecule has 0 aliphatic heterocycles. The maximum atomic E-state index is 12.9. The van der Waals surface area contributed by atoms with E-state index in [9.17, 15) is 4.79 Å². The van der Waals surface area contributed by atoms with Crippen LogP contribution in [0.15, 0.2) is 177 Å². The monoisotopic (exact) mass is 605 g/mol. The Hall–Kier alpha value is -6.39. The molecule has 7 aromatic carbocycles. The van der Waals surface area contributed by atoms with Gasteiger partial charge in [-0.15, -0.1) is 0 Å². The van der Waals surface area contributed by atoms with Crippen molar-refractivity contribution in [3.63, 3.8) is 0 Å². The minimum atomic E-state index is -0.340. The molecule has 0 aliphatic carbocycles. The highest BCUT2D eigenvalue weighted by Gasteiger charge is 2.20. The van der Waals surface area contributed by atoms with Crippen LogP contribution in [0, 0.1) is 0 Å². The summed E-state index contributed by atoms with van der Waals surface area (Å²) in [5.41, 5.74) is 9.25. The smallest absolute Gasteiger partial charge is 0.344 e. The normalized spacial score (nSPS) is 11.5. The molecule has 9 rings (SSSR count). The summed E-state index contributed by atoms with van der Waals surface area (Å²) in [6, 6.07) is 55.5. The summed E-state index contributed by atoms with van der Waals surface area (Å²) in [6.45, 7) is 0. The van der Waals surface area contributed by atoms with Crippen LogP contribution in [0.5, 0.6) is 0 Å². The van der Waals surface area contributed by atoms with Gasteiger partial charge in [-0.25, -0.2) is 4.79 Å². The van der Waals surface area contributed by atoms with Gasteiger partial charge in [0.05, 0.1) is 11.1 Å². The van der Waals surface area contributed by atoms with Crippen LogP contribution in [0.3, 0.4) is 0 Å². The third-order valence-corrected chi connectivity index (χ3v) is 8.94. The summed E-state index contributed by atoms with van der Waals surface area (Å²) in [6.07, 6.45) is 0. The molecule has 0 saturated heterocycles. The number of furan rings is 1. The van der Waals surface area contributed by atoms with Crippen LogP contribution >= 0.6 is 0 Å². The highest BCUT2D eigenvalue weighted by molar-refractivity contribution is 6.13. The molecule has 0 atom stereocenters. The molecule has 0 radical (unpaired) electrons. The molecular weight excluding hydrogens is 578 g/mol. The van der Waals surface area contributed by atoms with Gasteiger partial charge in [0.1, 0.15) is 16.7 Å². The van der Waals surface area contributed by atoms with Gasteiger partial charge < -0.3 is 13.7 Å². The summed E-state index contributed by atoms with van der Waals surface area (Å²) in [4.78, 5) is 15.2. The van der Waals surface area contributed by atoms with Crippen molar-refractivity contribution in [3.05, 3.63) is 174 Å². The first-order valence-corrected chi connectivity index (χ1v) is 15.6. The summed E-state index contributed by atoms with van der Waals surface area (Å²) in [5.74, 6) is 0. The average Bonchev–Trinajstić information content (AvgIpc) is 3.52. The molecule has 2 heterocycles. The highest BCUT2D eigenvalue weighted by Crippen LogP contribution is 2.43. The minimum Gasteiger partial charge on any atom is -0.455 e. The van der Waals surface area contributed by atoms with E-state index in [0.29, 0.717) is 11.0 Å². The lowest BCUT2D eigenvalue weighted by Gasteiger charge is -2.27. The van der Waals surface area contributed by atoms with E-state index in [-0.39, 0.29) is 5.63 Å². The zero-order valence-electron chi connectivity index (χ0n) is 25.3. The first-order valence-electron chi connectivity index (χ1n) is 15.6. The maximum Gasteiger partial charge on any atom is 0.344 e. The molecule has 9 aromatic rings. The topological polar surface area (TPSA) is 46.6 Å². The fourth-order valence-electron chi connectivity index (χ4n) is 6.72. The molecule has 0 bridgehead atoms. The summed E-state index contributed by atoms with van der Waals surface area (Å²) in [5, 5.41) is 4.51. The molecular formula is C43H27NO3. The van der Waals surface area contributed by atoms with Gasteiger partial charge >= 0.3 is 5.63 Å². The third kappa shape index (κ3) is 4.50. The van der Waals surface area contributed by atoms with E-state index in [1.54, 1.807) is 0 Å². The van der Waals surface area contributed by atoms with Crippen molar-refractivity contribution >= 4 is 60.7 Å². The predicted octanol–water partition coefficient (Wildman–Crippen LogP) is 11.6. The highest BCUT2D eigenvalue weighted by atomic mass is 16.4. The first kappa shape index (κ1) is 27.0. The van der Waals surface area contributed by atoms with Crippen LogP contribution in [0.4, 0.5) is 17.1 Å². The second-order valence-corrected chi connectivity index (χ2v) is 11.7. The van der Waals surface area contributed by atoms with Crippen molar-refractivity contribution in [3.8, 4) is 22.3 Å². The van der Waals surface area contributed by atoms with Crippen molar-refractivity contribution in [1.82, 2.24) is 0 Å². The lowest BCUT2D eigenvalue weighted by molar-refractivity contribution is 0.570. The van der Waals surface area contributed by atoms with E-state index in [4.69, 9.17) is 8.83 Å². The zero-order chi connectivity index (χ0) is 31.3. The average molecular weight is 606 g/mol. The van der Waals surface area contributed by atoms with Crippen molar-refractivity contribution in [2.45, 2.75) is 0 Å². The lowest BCUT2D eigenvalue weighted by Crippen LogP contribution is -2.11. The van der Waals surface area contributed by atoms with Gasteiger partial charge in [-0.2, -0.15) is 0 Å². The number of hydrogen-bond donors (Lipinski definition) is 0. The van der Waals surface area contributed by atoms with Crippen LogP contribution in [-0.2, 0) is 0 Å². The Morgan fingerprint density at radius 3 is 1.74 bits per heavy atom. The molecule has 0 spiro atoms. The summed E-state index contributed by atoms with van der Waals surface area (Å²) in [7, 11) is 0. The molecule has 0 fully saturated rings. The SMILES string of the molecule is O=c1oc2cccc(N(c3ccc(-c4ccccc4)cc3)c3ccc(-c4cccc5c4oc4ccccc45)cc3)c2c2ccccc12. The first-order chi connectivity index (χ1) is 23.2. The zero-order valence-corrected chi connectivity index (χ0v) is 25.3. The number of rotatable bonds is 5. The van der Waals surface area contributed by atoms with Crippen molar-refractivity contribution in [2.24, 2.45) is 0 Å². The van der Waals surface area contributed by atoms with Gasteiger partial charge in [-0.1, -0.05) is 115 Å². The van der Waals surface area contributed by atoms with Crippen LogP contribution in [-0.4, -0.2) is 0 Å². The molecule has 222 valence electrons. The van der Waals surface area contributed by atoms with Crippen LogP contribution in [0.1, 0.15) is 0 Å². The van der Waals surface area contributed by atoms with Gasteiger partial charge in [0.25, 0.3) is 0 Å². The molecule has 0 amide bonds. The fraction of sp³-hybridized carbons (Fsp3) is 0. The summed E-state index contributed by atoms with van der Waals surface area (Å²) < 4.78 is 12.2. The van der Waals surface area contributed by atoms with Gasteiger partial charge in [0.15, 0.2) is 0 Å². The Bertz CT molecular complexity index is 2630. The van der Waals surface area contributed by atoms with E-state index >= 15 is 0 Å². The van der Waals surface area contributed by atoms with Crippen LogP contribution < -0.4 is 10.5 Å². The molecule has 0 aliphatic rings. The van der Waals surface area contributed by atoms with Crippen LogP contribution in [0.2, 0.25) is 0 Å². The second kappa shape index (κ2) is 10.9. The van der Waals surface area contributed by atoms with E-state index in [0.717, 1.165) is 72.0 Å². The van der Waals surface area contributed by atoms with Gasteiger partial charge in [-0.05, 0) is 65.2 Å². The number of hydrogen-bond acceptors (Lipinski definition) is 4. The van der Waals surface area contributed by atoms with Gasteiger partial charge in [0.2, 0.25) is 0 Å². The minimum absolute atomic E-state index is 0.340. The third-order valence-electron chi connectivity index (χ3n) is 8.94. The largest absolute Gasteiger partial charge is 0.455 e. The second-order valence-electron chi connectivity index (χ2n) is 11.7. The van der Waals surface area contributed by atoms with Gasteiger partial charge in [0, 0.05) is 38.5 Å². The number of para-hydroxylation sites is 2. The maximum absolute atomic E-state index is 12.9. The number of anilines is 3. The van der Waals surface area contributed by atoms with E-state index < -0.39 is 0 Å². The lowest BCUT2D eigenvalue weighted by atomic mass is 10.0. The standard InChI is InChI=1S/C43H27NO3/c45-43-37-14-5-4-13-35(37)41-38(17-9-19-40(41)47-43)44(31-24-20-29(21-25-31)28-10-2-1-3-11-28)32-26-22-30(23-27-32)33-15-8-16-36-34-12-6-7-18-39(34)46-42(33)36/h1-27H. The number of fused-ring (bicyclic) bond motifs is 6. The quantitative estimate of drug-likeness (QED) is 0.145. The number of nitrogens with zero attached hydrogens (tertiary/aromatic N) is 1. The summed E-state index contributed by atoms with van der Waals surface area (Å²) >= 11 is 0. The van der Waals surface area contributed by atoms with Crippen molar-refractivity contribution in [2.75, 3.05) is 4.90 Å². The fourth-order valence-corrected chi connectivity index (χ4v) is 6.72. The Kier molecular flexibility index (Phi) is 6.25. The molecule has 47 heavy (non-hydrogen) atoms. The molecule has 0 N–H and O–H groups in total. The Labute approximate surface area is 270 Å². The van der Waals surface area contributed by atoms with Crippen molar-refractivity contribution < 1.29 is 8.83 Å².